The summed E-state index contributed by atoms with van der Waals surface area (Å²) >= 11 is 0. The Labute approximate surface area is 110 Å². The van der Waals surface area contributed by atoms with Gasteiger partial charge >= 0.3 is 0 Å². The highest BCUT2D eigenvalue weighted by Gasteiger charge is 2.27. The number of rotatable bonds is 2. The molecule has 0 aliphatic carbocycles. The first-order valence-corrected chi connectivity index (χ1v) is 5.93. The van der Waals surface area contributed by atoms with E-state index in [-0.39, 0.29) is 16.8 Å². The molecule has 1 aliphatic rings. The summed E-state index contributed by atoms with van der Waals surface area (Å²) in [6.07, 6.45) is 0.771. The number of benzene rings is 1. The first-order valence-electron chi connectivity index (χ1n) is 6.43. The van der Waals surface area contributed by atoms with Crippen LogP contribution in [0.4, 0.5) is 4.39 Å². The molecular formula is C13H12FN3O2. The van der Waals surface area contributed by atoms with Crippen LogP contribution in [0.2, 0.25) is 1.41 Å². The first kappa shape index (κ1) is 10.5. The van der Waals surface area contributed by atoms with Crippen molar-refractivity contribution in [2.75, 3.05) is 6.61 Å². The van der Waals surface area contributed by atoms with Crippen LogP contribution in [0.15, 0.2) is 24.3 Å². The van der Waals surface area contributed by atoms with Gasteiger partial charge in [0.05, 0.1) is 6.61 Å². The molecule has 0 atom stereocenters. The van der Waals surface area contributed by atoms with Crippen molar-refractivity contribution in [2.45, 2.75) is 13.0 Å². The minimum Gasteiger partial charge on any atom is -0.477 e. The molecule has 3 rings (SSSR count). The monoisotopic (exact) mass is 262 g/mol. The van der Waals surface area contributed by atoms with Crippen LogP contribution in [0.3, 0.4) is 0 Å². The highest BCUT2D eigenvalue weighted by Crippen LogP contribution is 2.33. The van der Waals surface area contributed by atoms with Crippen molar-refractivity contribution in [3.8, 4) is 17.1 Å². The summed E-state index contributed by atoms with van der Waals surface area (Å²) in [4.78, 5) is 11.9. The number of nitrogens with two attached hydrogens (primary N) is 1. The molecule has 1 aromatic carbocycles. The summed E-state index contributed by atoms with van der Waals surface area (Å²) in [5.41, 5.74) is 2.32. The van der Waals surface area contributed by atoms with Crippen molar-refractivity contribution < 1.29 is 15.3 Å². The van der Waals surface area contributed by atoms with Gasteiger partial charge in [0.1, 0.15) is 17.1 Å². The SMILES string of the molecule is [2H]NC(=O)c1c(-c2ccccc2F)nn2c1OCCC2. The van der Waals surface area contributed by atoms with E-state index in [1.807, 2.05) is 0 Å². The lowest BCUT2D eigenvalue weighted by Gasteiger charge is -2.14. The number of nitrogens with zero attached hydrogens (tertiary/aromatic N) is 2. The van der Waals surface area contributed by atoms with Crippen LogP contribution < -0.4 is 10.5 Å². The fraction of sp³-hybridized carbons (Fsp3) is 0.231. The third-order valence-corrected chi connectivity index (χ3v) is 3.01. The topological polar surface area (TPSA) is 70.1 Å². The zero-order valence-corrected chi connectivity index (χ0v) is 10.0. The number of carbonyl (C=O) groups excluding carboxylic acids is 1. The van der Waals surface area contributed by atoms with E-state index in [1.54, 1.807) is 23.9 Å². The maximum Gasteiger partial charge on any atom is 0.256 e. The Bertz CT molecular complexity index is 672. The molecule has 19 heavy (non-hydrogen) atoms. The second kappa shape index (κ2) is 4.38. The van der Waals surface area contributed by atoms with Gasteiger partial charge in [-0.2, -0.15) is 5.10 Å². The third-order valence-electron chi connectivity index (χ3n) is 3.01. The zero-order chi connectivity index (χ0) is 14.1. The number of ether oxygens (including phenoxy) is 1. The second-order valence-electron chi connectivity index (χ2n) is 4.26. The molecule has 0 radical (unpaired) electrons. The first-order chi connectivity index (χ1) is 9.72. The van der Waals surface area contributed by atoms with E-state index in [2.05, 4.69) is 5.10 Å². The van der Waals surface area contributed by atoms with Crippen LogP contribution in [0, 0.1) is 5.82 Å². The van der Waals surface area contributed by atoms with Gasteiger partial charge in [0, 0.05) is 18.5 Å². The summed E-state index contributed by atoms with van der Waals surface area (Å²) in [5, 5.41) is 4.26. The molecule has 5 nitrogen and oxygen atoms in total. The molecule has 0 fully saturated rings. The van der Waals surface area contributed by atoms with Crippen molar-refractivity contribution in [3.63, 3.8) is 0 Å². The quantitative estimate of drug-likeness (QED) is 0.893. The Morgan fingerprint density at radius 3 is 3.16 bits per heavy atom. The van der Waals surface area contributed by atoms with E-state index in [9.17, 15) is 9.18 Å². The van der Waals surface area contributed by atoms with E-state index in [4.69, 9.17) is 6.15 Å². The Hall–Kier alpha value is -2.37. The molecule has 1 amide bonds. The third kappa shape index (κ3) is 1.85. The van der Waals surface area contributed by atoms with Crippen molar-refractivity contribution in [2.24, 2.45) is 5.73 Å². The number of aryl methyl sites for hydroxylation is 1. The van der Waals surface area contributed by atoms with E-state index in [1.165, 1.54) is 10.7 Å². The number of aromatic nitrogens is 2. The maximum absolute atomic E-state index is 13.9. The fourth-order valence-corrected chi connectivity index (χ4v) is 2.17. The van der Waals surface area contributed by atoms with Gasteiger partial charge in [-0.05, 0) is 12.1 Å². The van der Waals surface area contributed by atoms with Gasteiger partial charge in [-0.1, -0.05) is 12.1 Å². The van der Waals surface area contributed by atoms with Gasteiger partial charge in [0.15, 0.2) is 1.41 Å². The van der Waals surface area contributed by atoms with Crippen molar-refractivity contribution >= 4 is 5.91 Å². The molecule has 1 aliphatic heterocycles. The number of primary amides is 1. The summed E-state index contributed by atoms with van der Waals surface area (Å²) in [7, 11) is 0. The summed E-state index contributed by atoms with van der Waals surface area (Å²) in [5.74, 6) is -0.840. The number of halogens is 1. The molecule has 0 saturated heterocycles. The molecule has 98 valence electrons. The lowest BCUT2D eigenvalue weighted by Crippen LogP contribution is -2.18. The Balaban J connectivity index is 2.22. The number of amides is 1. The van der Waals surface area contributed by atoms with Gasteiger partial charge < -0.3 is 10.5 Å². The number of carbonyl (C=O) groups is 1. The maximum atomic E-state index is 13.9. The highest BCUT2D eigenvalue weighted by molar-refractivity contribution is 6.01. The molecule has 1 aromatic heterocycles. The van der Waals surface area contributed by atoms with Crippen molar-refractivity contribution in [1.82, 2.24) is 9.78 Å². The summed E-state index contributed by atoms with van der Waals surface area (Å²) in [6, 6.07) is 6.08. The fourth-order valence-electron chi connectivity index (χ4n) is 2.17. The zero-order valence-electron chi connectivity index (χ0n) is 11.0. The van der Waals surface area contributed by atoms with E-state index in [0.717, 1.165) is 6.42 Å². The van der Waals surface area contributed by atoms with Gasteiger partial charge in [-0.15, -0.1) is 0 Å². The largest absolute Gasteiger partial charge is 0.477 e. The Kier molecular flexibility index (Phi) is 2.43. The predicted octanol–water partition coefficient (Wildman–Crippen LogP) is 1.57. The van der Waals surface area contributed by atoms with Crippen LogP contribution in [0.25, 0.3) is 11.3 Å². The second-order valence-corrected chi connectivity index (χ2v) is 4.26. The van der Waals surface area contributed by atoms with Crippen molar-refractivity contribution in [3.05, 3.63) is 35.6 Å². The lowest BCUT2D eigenvalue weighted by atomic mass is 10.1. The van der Waals surface area contributed by atoms with Crippen LogP contribution >= 0.6 is 0 Å². The van der Waals surface area contributed by atoms with E-state index >= 15 is 0 Å². The standard InChI is InChI=1S/C13H12FN3O2/c14-9-5-2-1-4-8(9)11-10(12(15)18)13-17(16-11)6-3-7-19-13/h1-2,4-5H,3,6-7H2,(H2,15,18)/i/hD. The molecule has 2 heterocycles. The van der Waals surface area contributed by atoms with Crippen LogP contribution in [0.1, 0.15) is 16.8 Å². The van der Waals surface area contributed by atoms with Gasteiger partial charge in [-0.25, -0.2) is 9.07 Å². The molecule has 0 saturated carbocycles. The van der Waals surface area contributed by atoms with Gasteiger partial charge in [0.25, 0.3) is 5.91 Å². The van der Waals surface area contributed by atoms with Crippen LogP contribution in [-0.4, -0.2) is 22.3 Å². The normalized spacial score (nSPS) is 14.3. The molecular weight excluding hydrogens is 249 g/mol. The molecule has 0 spiro atoms. The Morgan fingerprint density at radius 1 is 1.53 bits per heavy atom. The molecule has 0 bridgehead atoms. The number of fused-ring (bicyclic) bond motifs is 1. The van der Waals surface area contributed by atoms with Gasteiger partial charge in [-0.3, -0.25) is 4.79 Å². The minimum absolute atomic E-state index is 0.102. The molecule has 0 unspecified atom stereocenters. The van der Waals surface area contributed by atoms with Crippen LogP contribution in [0.5, 0.6) is 5.88 Å². The Morgan fingerprint density at radius 2 is 2.37 bits per heavy atom. The molecule has 2 N–H and O–H groups in total. The number of hydrogen-bond donors (Lipinski definition) is 1. The van der Waals surface area contributed by atoms with Crippen molar-refractivity contribution in [1.29, 1.82) is 0 Å². The average Bonchev–Trinajstić information content (AvgIpc) is 2.86. The molecule has 6 heteroatoms. The van der Waals surface area contributed by atoms with Gasteiger partial charge in [0.2, 0.25) is 5.88 Å². The summed E-state index contributed by atoms with van der Waals surface area (Å²) < 4.78 is 27.9. The number of hydrogen-bond acceptors (Lipinski definition) is 3. The lowest BCUT2D eigenvalue weighted by molar-refractivity contribution is 0.0994. The molecule has 2 aromatic rings. The predicted molar refractivity (Wildman–Crippen MR) is 66.3 cm³/mol. The van der Waals surface area contributed by atoms with E-state index < -0.39 is 11.7 Å². The summed E-state index contributed by atoms with van der Waals surface area (Å²) in [6.45, 7) is 1.07. The highest BCUT2D eigenvalue weighted by atomic mass is 19.1. The smallest absolute Gasteiger partial charge is 0.256 e. The van der Waals surface area contributed by atoms with Crippen LogP contribution in [-0.2, 0) is 6.54 Å². The minimum atomic E-state index is -0.661. The van der Waals surface area contributed by atoms with E-state index in [0.29, 0.717) is 19.0 Å². The average molecular weight is 262 g/mol.